The predicted molar refractivity (Wildman–Crippen MR) is 123 cm³/mol. The van der Waals surface area contributed by atoms with Gasteiger partial charge in [0.2, 0.25) is 11.8 Å². The van der Waals surface area contributed by atoms with Crippen LogP contribution in [0.25, 0.3) is 0 Å². The summed E-state index contributed by atoms with van der Waals surface area (Å²) in [5.74, 6) is 0.660. The van der Waals surface area contributed by atoms with Crippen LogP contribution in [0.2, 0.25) is 0 Å². The number of hydrogen-bond acceptors (Lipinski definition) is 7. The van der Waals surface area contributed by atoms with E-state index < -0.39 is 5.97 Å². The van der Waals surface area contributed by atoms with Crippen LogP contribution in [0, 0.1) is 0 Å². The Hall–Kier alpha value is -3.20. The van der Waals surface area contributed by atoms with E-state index in [4.69, 9.17) is 14.2 Å². The highest BCUT2D eigenvalue weighted by Gasteiger charge is 2.37. The highest BCUT2D eigenvalue weighted by atomic mass is 32.2. The summed E-state index contributed by atoms with van der Waals surface area (Å²) in [5.41, 5.74) is 1.99. The summed E-state index contributed by atoms with van der Waals surface area (Å²) in [7, 11) is 3.10. The third kappa shape index (κ3) is 5.34. The Balaban J connectivity index is 1.85. The van der Waals surface area contributed by atoms with Crippen molar-refractivity contribution in [2.24, 2.45) is 0 Å². The molecule has 1 saturated heterocycles. The van der Waals surface area contributed by atoms with Gasteiger partial charge in [-0.1, -0.05) is 18.2 Å². The van der Waals surface area contributed by atoms with Gasteiger partial charge in [0.05, 0.1) is 38.7 Å². The summed E-state index contributed by atoms with van der Waals surface area (Å²) in [5, 5.41) is 2.51. The number of methoxy groups -OCH3 is 2. The van der Waals surface area contributed by atoms with Crippen molar-refractivity contribution in [3.05, 3.63) is 48.0 Å². The lowest BCUT2D eigenvalue weighted by atomic mass is 10.1. The maximum atomic E-state index is 12.8. The third-order valence-electron chi connectivity index (χ3n) is 4.88. The topological polar surface area (TPSA) is 94.2 Å². The van der Waals surface area contributed by atoms with Gasteiger partial charge in [0.1, 0.15) is 16.9 Å². The molecule has 0 aromatic heterocycles. The van der Waals surface area contributed by atoms with Crippen molar-refractivity contribution in [2.75, 3.05) is 36.8 Å². The number of carbonyl (C=O) groups excluding carboxylic acids is 3. The molecule has 0 bridgehead atoms. The van der Waals surface area contributed by atoms with Crippen molar-refractivity contribution in [1.29, 1.82) is 0 Å². The fraction of sp³-hybridized carbons (Fsp3) is 0.348. The molecule has 1 N–H and O–H groups in total. The zero-order chi connectivity index (χ0) is 23.1. The second-order valence-electron chi connectivity index (χ2n) is 6.91. The number of benzene rings is 2. The Morgan fingerprint density at radius 3 is 2.62 bits per heavy atom. The van der Waals surface area contributed by atoms with E-state index in [1.54, 1.807) is 50.3 Å². The van der Waals surface area contributed by atoms with Crippen LogP contribution < -0.4 is 19.7 Å². The van der Waals surface area contributed by atoms with Crippen LogP contribution >= 0.6 is 11.8 Å². The van der Waals surface area contributed by atoms with Crippen molar-refractivity contribution in [2.45, 2.75) is 25.1 Å². The molecule has 32 heavy (non-hydrogen) atoms. The lowest BCUT2D eigenvalue weighted by molar-refractivity contribution is -0.144. The van der Waals surface area contributed by atoms with Crippen molar-refractivity contribution in [1.82, 2.24) is 0 Å². The highest BCUT2D eigenvalue weighted by Crippen LogP contribution is 2.47. The first-order valence-electron chi connectivity index (χ1n) is 10.2. The van der Waals surface area contributed by atoms with Crippen LogP contribution in [0.4, 0.5) is 11.4 Å². The maximum absolute atomic E-state index is 12.8. The van der Waals surface area contributed by atoms with E-state index in [0.29, 0.717) is 28.6 Å². The summed E-state index contributed by atoms with van der Waals surface area (Å²) in [6.07, 6.45) is 0.0214. The SMILES string of the molecule is CCOC(=O)CCC(=O)Nc1ccccc1[C@@H]1SCC(=O)N1c1ccc(OC)cc1OC. The number of thioether (sulfide) groups is 1. The summed E-state index contributed by atoms with van der Waals surface area (Å²) >= 11 is 1.47. The van der Waals surface area contributed by atoms with E-state index in [2.05, 4.69) is 5.32 Å². The first-order valence-corrected chi connectivity index (χ1v) is 11.2. The van der Waals surface area contributed by atoms with Gasteiger partial charge in [-0.2, -0.15) is 0 Å². The molecule has 0 unspecified atom stereocenters. The minimum atomic E-state index is -0.411. The van der Waals surface area contributed by atoms with Gasteiger partial charge in [0.15, 0.2) is 0 Å². The van der Waals surface area contributed by atoms with Crippen LogP contribution in [-0.4, -0.2) is 44.4 Å². The Kier molecular flexibility index (Phi) is 7.99. The molecule has 0 aliphatic carbocycles. The van der Waals surface area contributed by atoms with E-state index in [9.17, 15) is 14.4 Å². The van der Waals surface area contributed by atoms with Gasteiger partial charge in [0.25, 0.3) is 0 Å². The number of hydrogen-bond donors (Lipinski definition) is 1. The van der Waals surface area contributed by atoms with Gasteiger partial charge in [-0.25, -0.2) is 0 Å². The molecule has 0 radical (unpaired) electrons. The number of anilines is 2. The summed E-state index contributed by atoms with van der Waals surface area (Å²) < 4.78 is 15.6. The molecule has 8 nitrogen and oxygen atoms in total. The Labute approximate surface area is 191 Å². The van der Waals surface area contributed by atoms with Gasteiger partial charge in [-0.05, 0) is 25.1 Å². The molecule has 170 valence electrons. The zero-order valence-corrected chi connectivity index (χ0v) is 19.1. The third-order valence-corrected chi connectivity index (χ3v) is 6.07. The van der Waals surface area contributed by atoms with Gasteiger partial charge in [-0.3, -0.25) is 19.3 Å². The quantitative estimate of drug-likeness (QED) is 0.572. The number of nitrogens with zero attached hydrogens (tertiary/aromatic N) is 1. The molecule has 3 rings (SSSR count). The average molecular weight is 459 g/mol. The molecule has 0 spiro atoms. The fourth-order valence-electron chi connectivity index (χ4n) is 3.39. The summed E-state index contributed by atoms with van der Waals surface area (Å²) in [4.78, 5) is 38.5. The lowest BCUT2D eigenvalue weighted by Gasteiger charge is -2.27. The van der Waals surface area contributed by atoms with Crippen molar-refractivity contribution >= 4 is 40.9 Å². The molecular formula is C23H26N2O6S. The minimum Gasteiger partial charge on any atom is -0.497 e. The largest absolute Gasteiger partial charge is 0.497 e. The van der Waals surface area contributed by atoms with E-state index >= 15 is 0 Å². The van der Waals surface area contributed by atoms with E-state index in [-0.39, 0.29) is 36.6 Å². The van der Waals surface area contributed by atoms with Gasteiger partial charge in [-0.15, -0.1) is 11.8 Å². The Morgan fingerprint density at radius 1 is 1.12 bits per heavy atom. The van der Waals surface area contributed by atoms with Gasteiger partial charge < -0.3 is 19.5 Å². The highest BCUT2D eigenvalue weighted by molar-refractivity contribution is 8.00. The summed E-state index contributed by atoms with van der Waals surface area (Å²) in [6.45, 7) is 2.00. The van der Waals surface area contributed by atoms with Crippen LogP contribution in [0.5, 0.6) is 11.5 Å². The monoisotopic (exact) mass is 458 g/mol. The first kappa shape index (κ1) is 23.5. The molecule has 1 aliphatic rings. The van der Waals surface area contributed by atoms with Crippen LogP contribution in [0.1, 0.15) is 30.7 Å². The standard InChI is InChI=1S/C23H26N2O6S/c1-4-31-22(28)12-11-20(26)24-17-8-6-5-7-16(17)23-25(21(27)14-32-23)18-10-9-15(29-2)13-19(18)30-3/h5-10,13,23H,4,11-12,14H2,1-3H3,(H,24,26)/t23-/m0/s1. The molecule has 1 fully saturated rings. The zero-order valence-electron chi connectivity index (χ0n) is 18.3. The molecule has 2 aromatic carbocycles. The van der Waals surface area contributed by atoms with E-state index in [1.165, 1.54) is 11.8 Å². The molecule has 2 aromatic rings. The molecule has 1 aliphatic heterocycles. The number of nitrogens with one attached hydrogen (secondary N) is 1. The second kappa shape index (κ2) is 10.9. The molecule has 1 heterocycles. The number of para-hydroxylation sites is 1. The number of carbonyl (C=O) groups is 3. The lowest BCUT2D eigenvalue weighted by Crippen LogP contribution is -2.29. The number of esters is 1. The minimum absolute atomic E-state index is 0.00762. The van der Waals surface area contributed by atoms with Crippen molar-refractivity contribution in [3.8, 4) is 11.5 Å². The maximum Gasteiger partial charge on any atom is 0.306 e. The summed E-state index contributed by atoms with van der Waals surface area (Å²) in [6, 6.07) is 12.6. The predicted octanol–water partition coefficient (Wildman–Crippen LogP) is 3.76. The smallest absolute Gasteiger partial charge is 0.306 e. The van der Waals surface area contributed by atoms with Crippen molar-refractivity contribution < 1.29 is 28.6 Å². The van der Waals surface area contributed by atoms with E-state index in [1.807, 2.05) is 18.2 Å². The normalized spacial score (nSPS) is 15.4. The number of ether oxygens (including phenoxy) is 3. The molecule has 9 heteroatoms. The van der Waals surface area contributed by atoms with Gasteiger partial charge >= 0.3 is 5.97 Å². The molecule has 2 amide bonds. The Bertz CT molecular complexity index is 996. The average Bonchev–Trinajstić information content (AvgIpc) is 3.18. The van der Waals surface area contributed by atoms with Crippen LogP contribution in [-0.2, 0) is 19.1 Å². The fourth-order valence-corrected chi connectivity index (χ4v) is 4.59. The van der Waals surface area contributed by atoms with E-state index in [0.717, 1.165) is 5.56 Å². The molecular weight excluding hydrogens is 432 g/mol. The Morgan fingerprint density at radius 2 is 1.91 bits per heavy atom. The molecule has 0 saturated carbocycles. The van der Waals surface area contributed by atoms with Crippen LogP contribution in [0.15, 0.2) is 42.5 Å². The molecule has 1 atom stereocenters. The van der Waals surface area contributed by atoms with Gasteiger partial charge in [0, 0.05) is 23.7 Å². The second-order valence-corrected chi connectivity index (χ2v) is 7.97. The van der Waals surface area contributed by atoms with Crippen molar-refractivity contribution in [3.63, 3.8) is 0 Å². The van der Waals surface area contributed by atoms with Crippen LogP contribution in [0.3, 0.4) is 0 Å². The number of amides is 2. The number of rotatable bonds is 9. The first-order chi connectivity index (χ1) is 15.5.